The Kier molecular flexibility index (Phi) is 4.03. The van der Waals surface area contributed by atoms with Crippen LogP contribution in [0.25, 0.3) is 11.3 Å². The summed E-state index contributed by atoms with van der Waals surface area (Å²) in [5, 5.41) is 10.5. The first kappa shape index (κ1) is 12.7. The first-order valence-corrected chi connectivity index (χ1v) is 6.57. The molecule has 0 saturated heterocycles. The van der Waals surface area contributed by atoms with E-state index in [-0.39, 0.29) is 0 Å². The summed E-state index contributed by atoms with van der Waals surface area (Å²) in [5.74, 6) is 0.641. The van der Waals surface area contributed by atoms with Crippen molar-refractivity contribution in [3.8, 4) is 11.3 Å². The zero-order chi connectivity index (χ0) is 13.0. The Labute approximate surface area is 109 Å². The predicted octanol–water partition coefficient (Wildman–Crippen LogP) is 3.92. The van der Waals surface area contributed by atoms with E-state index in [0.717, 1.165) is 17.7 Å². The molecular formula is C15H21N3. The van der Waals surface area contributed by atoms with Gasteiger partial charge in [-0.15, -0.1) is 0 Å². The molecule has 0 radical (unpaired) electrons. The van der Waals surface area contributed by atoms with Crippen LogP contribution in [0.5, 0.6) is 0 Å². The molecule has 1 heterocycles. The summed E-state index contributed by atoms with van der Waals surface area (Å²) in [5.41, 5.74) is 3.40. The Bertz CT molecular complexity index is 457. The topological polar surface area (TPSA) is 40.7 Å². The van der Waals surface area contributed by atoms with Crippen LogP contribution in [0.2, 0.25) is 0 Å². The highest BCUT2D eigenvalue weighted by atomic mass is 15.1. The van der Waals surface area contributed by atoms with Crippen molar-refractivity contribution < 1.29 is 0 Å². The minimum atomic E-state index is 0.531. The lowest BCUT2D eigenvalue weighted by atomic mass is 10.0. The number of nitrogens with one attached hydrogen (secondary N) is 2. The summed E-state index contributed by atoms with van der Waals surface area (Å²) >= 11 is 0. The Morgan fingerprint density at radius 2 is 1.89 bits per heavy atom. The first-order valence-electron chi connectivity index (χ1n) is 6.57. The van der Waals surface area contributed by atoms with E-state index in [4.69, 9.17) is 0 Å². The van der Waals surface area contributed by atoms with E-state index < -0.39 is 0 Å². The van der Waals surface area contributed by atoms with Gasteiger partial charge in [0.15, 0.2) is 0 Å². The molecule has 2 rings (SSSR count). The molecule has 1 unspecified atom stereocenters. The number of benzene rings is 1. The molecule has 2 N–H and O–H groups in total. The van der Waals surface area contributed by atoms with Crippen molar-refractivity contribution >= 4 is 5.69 Å². The number of hydrogen-bond acceptors (Lipinski definition) is 2. The molecule has 0 aliphatic heterocycles. The number of aromatic nitrogens is 2. The van der Waals surface area contributed by atoms with Crippen molar-refractivity contribution in [2.24, 2.45) is 5.92 Å². The number of H-pyrrole nitrogens is 1. The normalized spacial score (nSPS) is 12.7. The molecule has 2 aromatic rings. The summed E-state index contributed by atoms with van der Waals surface area (Å²) < 4.78 is 0. The van der Waals surface area contributed by atoms with Gasteiger partial charge in [-0.1, -0.05) is 32.9 Å². The van der Waals surface area contributed by atoms with Crippen molar-refractivity contribution in [2.75, 3.05) is 5.32 Å². The van der Waals surface area contributed by atoms with Crippen molar-refractivity contribution in [1.82, 2.24) is 10.2 Å². The highest BCUT2D eigenvalue weighted by Gasteiger charge is 2.10. The number of nitrogens with zero attached hydrogens (tertiary/aromatic N) is 1. The van der Waals surface area contributed by atoms with Crippen LogP contribution in [-0.4, -0.2) is 16.2 Å². The second-order valence-electron chi connectivity index (χ2n) is 4.95. The van der Waals surface area contributed by atoms with Crippen LogP contribution < -0.4 is 5.32 Å². The summed E-state index contributed by atoms with van der Waals surface area (Å²) in [4.78, 5) is 0. The third-order valence-corrected chi connectivity index (χ3v) is 3.29. The molecule has 0 aliphatic rings. The first-order chi connectivity index (χ1) is 8.70. The lowest BCUT2D eigenvalue weighted by molar-refractivity contribution is 0.511. The lowest BCUT2D eigenvalue weighted by Crippen LogP contribution is -2.24. The quantitative estimate of drug-likeness (QED) is 0.835. The van der Waals surface area contributed by atoms with Crippen molar-refractivity contribution in [2.45, 2.75) is 33.2 Å². The summed E-state index contributed by atoms with van der Waals surface area (Å²) in [7, 11) is 0. The Balaban J connectivity index is 2.08. The van der Waals surface area contributed by atoms with Gasteiger partial charge in [-0.2, -0.15) is 5.10 Å². The Morgan fingerprint density at radius 3 is 2.39 bits per heavy atom. The minimum Gasteiger partial charge on any atom is -0.382 e. The van der Waals surface area contributed by atoms with Gasteiger partial charge in [-0.3, -0.25) is 5.10 Å². The van der Waals surface area contributed by atoms with Crippen LogP contribution in [0, 0.1) is 5.92 Å². The largest absolute Gasteiger partial charge is 0.382 e. The van der Waals surface area contributed by atoms with Crippen LogP contribution in [0.1, 0.15) is 27.2 Å². The fourth-order valence-corrected chi connectivity index (χ4v) is 2.12. The van der Waals surface area contributed by atoms with Crippen LogP contribution in [0.15, 0.2) is 36.5 Å². The van der Waals surface area contributed by atoms with Crippen LogP contribution in [0.4, 0.5) is 5.69 Å². The molecule has 0 aliphatic carbocycles. The van der Waals surface area contributed by atoms with Gasteiger partial charge < -0.3 is 5.32 Å². The number of anilines is 1. The highest BCUT2D eigenvalue weighted by molar-refractivity contribution is 5.62. The van der Waals surface area contributed by atoms with E-state index >= 15 is 0 Å². The van der Waals surface area contributed by atoms with Crippen LogP contribution in [-0.2, 0) is 0 Å². The van der Waals surface area contributed by atoms with Crippen molar-refractivity contribution in [3.05, 3.63) is 36.5 Å². The standard InChI is InChI=1S/C15H21N3/c1-4-14(11(2)3)17-13-7-5-12(6-8-13)15-9-10-16-18-15/h5-11,14,17H,4H2,1-3H3,(H,16,18). The lowest BCUT2D eigenvalue weighted by Gasteiger charge is -2.22. The third-order valence-electron chi connectivity index (χ3n) is 3.29. The smallest absolute Gasteiger partial charge is 0.0650 e. The van der Waals surface area contributed by atoms with Crippen molar-refractivity contribution in [1.29, 1.82) is 0 Å². The molecule has 0 bridgehead atoms. The minimum absolute atomic E-state index is 0.531. The van der Waals surface area contributed by atoms with Gasteiger partial charge in [-0.25, -0.2) is 0 Å². The number of aromatic amines is 1. The van der Waals surface area contributed by atoms with E-state index in [1.165, 1.54) is 5.69 Å². The molecule has 0 amide bonds. The zero-order valence-electron chi connectivity index (χ0n) is 11.3. The molecule has 1 atom stereocenters. The summed E-state index contributed by atoms with van der Waals surface area (Å²) in [6.45, 7) is 6.72. The highest BCUT2D eigenvalue weighted by Crippen LogP contribution is 2.20. The molecule has 1 aromatic carbocycles. The molecule has 3 nitrogen and oxygen atoms in total. The molecule has 96 valence electrons. The molecule has 0 fully saturated rings. The third kappa shape index (κ3) is 2.92. The van der Waals surface area contributed by atoms with Gasteiger partial charge in [0.1, 0.15) is 0 Å². The van der Waals surface area contributed by atoms with E-state index in [2.05, 4.69) is 60.6 Å². The van der Waals surface area contributed by atoms with Crippen LogP contribution in [0.3, 0.4) is 0 Å². The van der Waals surface area contributed by atoms with E-state index in [1.54, 1.807) is 6.20 Å². The summed E-state index contributed by atoms with van der Waals surface area (Å²) in [6, 6.07) is 11.0. The fourth-order valence-electron chi connectivity index (χ4n) is 2.12. The zero-order valence-corrected chi connectivity index (χ0v) is 11.3. The second kappa shape index (κ2) is 5.71. The van der Waals surface area contributed by atoms with Gasteiger partial charge in [0, 0.05) is 17.9 Å². The second-order valence-corrected chi connectivity index (χ2v) is 4.95. The van der Waals surface area contributed by atoms with E-state index in [1.807, 2.05) is 6.07 Å². The van der Waals surface area contributed by atoms with Crippen LogP contribution >= 0.6 is 0 Å². The average molecular weight is 243 g/mol. The maximum absolute atomic E-state index is 3.97. The van der Waals surface area contributed by atoms with E-state index in [9.17, 15) is 0 Å². The summed E-state index contributed by atoms with van der Waals surface area (Å²) in [6.07, 6.45) is 2.91. The maximum atomic E-state index is 3.97. The van der Waals surface area contributed by atoms with Gasteiger partial charge in [0.05, 0.1) is 5.69 Å². The molecule has 3 heteroatoms. The van der Waals surface area contributed by atoms with Crippen molar-refractivity contribution in [3.63, 3.8) is 0 Å². The SMILES string of the molecule is CCC(Nc1ccc(-c2ccn[nH]2)cc1)C(C)C. The Hall–Kier alpha value is -1.77. The predicted molar refractivity (Wildman–Crippen MR) is 76.6 cm³/mol. The Morgan fingerprint density at radius 1 is 1.17 bits per heavy atom. The van der Waals surface area contributed by atoms with Gasteiger partial charge in [0.2, 0.25) is 0 Å². The fraction of sp³-hybridized carbons (Fsp3) is 0.400. The maximum Gasteiger partial charge on any atom is 0.0650 e. The molecular weight excluding hydrogens is 222 g/mol. The number of rotatable bonds is 5. The molecule has 18 heavy (non-hydrogen) atoms. The van der Waals surface area contributed by atoms with E-state index in [0.29, 0.717) is 12.0 Å². The van der Waals surface area contributed by atoms with Gasteiger partial charge in [-0.05, 0) is 36.1 Å². The molecule has 0 saturated carbocycles. The molecule has 0 spiro atoms. The van der Waals surface area contributed by atoms with Gasteiger partial charge in [0.25, 0.3) is 0 Å². The number of hydrogen-bond donors (Lipinski definition) is 2. The molecule has 1 aromatic heterocycles. The monoisotopic (exact) mass is 243 g/mol. The average Bonchev–Trinajstić information content (AvgIpc) is 2.90. The van der Waals surface area contributed by atoms with Gasteiger partial charge >= 0.3 is 0 Å².